The van der Waals surface area contributed by atoms with Crippen LogP contribution < -0.4 is 0 Å². The number of hydrogen-bond donors (Lipinski definition) is 0. The van der Waals surface area contributed by atoms with Crippen LogP contribution in [0.5, 0.6) is 0 Å². The molecule has 0 amide bonds. The van der Waals surface area contributed by atoms with Crippen LogP contribution in [0.25, 0.3) is 0 Å². The Bertz CT molecular complexity index is 393. The number of ketones is 1. The summed E-state index contributed by atoms with van der Waals surface area (Å²) in [5, 5.41) is 0. The van der Waals surface area contributed by atoms with Crippen molar-refractivity contribution in [3.8, 4) is 0 Å². The molecule has 0 saturated carbocycles. The van der Waals surface area contributed by atoms with Crippen LogP contribution in [-0.4, -0.2) is 5.78 Å². The summed E-state index contributed by atoms with van der Waals surface area (Å²) in [6.07, 6.45) is -3.91. The van der Waals surface area contributed by atoms with Gasteiger partial charge in [0.25, 0.3) is 0 Å². The predicted molar refractivity (Wildman–Crippen MR) is 43.9 cm³/mol. The van der Waals surface area contributed by atoms with Crippen LogP contribution >= 0.6 is 0 Å². The van der Waals surface area contributed by atoms with Gasteiger partial charge in [0, 0.05) is 12.8 Å². The number of alkyl halides is 3. The normalized spacial score (nSPS) is 15.8. The molecule has 0 saturated heterocycles. The summed E-state index contributed by atoms with van der Waals surface area (Å²) in [5.74, 6) is -0.0145. The van der Waals surface area contributed by atoms with Crippen molar-refractivity contribution in [1.29, 1.82) is 0 Å². The largest absolute Gasteiger partial charge is 0.416 e. The maximum atomic E-state index is 12.3. The van der Waals surface area contributed by atoms with Crippen LogP contribution in [0.2, 0.25) is 0 Å². The van der Waals surface area contributed by atoms with E-state index in [0.29, 0.717) is 5.56 Å². The van der Waals surface area contributed by atoms with E-state index < -0.39 is 11.7 Å². The number of carbonyl (C=O) groups is 1. The summed E-state index contributed by atoms with van der Waals surface area (Å²) in [7, 11) is 0. The van der Waals surface area contributed by atoms with Crippen LogP contribution in [0.1, 0.15) is 16.7 Å². The van der Waals surface area contributed by atoms with E-state index in [4.69, 9.17) is 0 Å². The molecule has 0 spiro atoms. The standard InChI is InChI=1S/C10H7F3O/c11-10(12,13)8-2-1-6-4-9(14)5-7(6)3-8/h1-3H,4-5H2. The lowest BCUT2D eigenvalue weighted by molar-refractivity contribution is -0.137. The minimum absolute atomic E-state index is 0.0145. The lowest BCUT2D eigenvalue weighted by Crippen LogP contribution is -2.05. The van der Waals surface area contributed by atoms with E-state index in [0.717, 1.165) is 17.7 Å². The van der Waals surface area contributed by atoms with E-state index in [2.05, 4.69) is 0 Å². The van der Waals surface area contributed by atoms with Crippen LogP contribution in [0, 0.1) is 0 Å². The Kier molecular flexibility index (Phi) is 1.87. The molecule has 4 heteroatoms. The van der Waals surface area contributed by atoms with Gasteiger partial charge in [-0.1, -0.05) is 6.07 Å². The SMILES string of the molecule is O=C1Cc2ccc(C(F)(F)F)cc2C1. The summed E-state index contributed by atoms with van der Waals surface area (Å²) in [6, 6.07) is 3.49. The first kappa shape index (κ1) is 9.24. The Morgan fingerprint density at radius 1 is 1.07 bits per heavy atom. The van der Waals surface area contributed by atoms with Crippen molar-refractivity contribution >= 4 is 5.78 Å². The van der Waals surface area contributed by atoms with E-state index in [9.17, 15) is 18.0 Å². The fraction of sp³-hybridized carbons (Fsp3) is 0.300. The molecule has 0 bridgehead atoms. The third kappa shape index (κ3) is 1.52. The molecule has 74 valence electrons. The van der Waals surface area contributed by atoms with Crippen LogP contribution in [0.15, 0.2) is 18.2 Å². The van der Waals surface area contributed by atoms with Crippen molar-refractivity contribution in [2.75, 3.05) is 0 Å². The molecule has 1 aromatic rings. The quantitative estimate of drug-likeness (QED) is 0.628. The van der Waals surface area contributed by atoms with Crippen molar-refractivity contribution in [1.82, 2.24) is 0 Å². The fourth-order valence-corrected chi connectivity index (χ4v) is 1.63. The van der Waals surface area contributed by atoms with Crippen molar-refractivity contribution in [2.24, 2.45) is 0 Å². The first-order chi connectivity index (χ1) is 6.47. The molecular weight excluding hydrogens is 193 g/mol. The number of hydrogen-bond acceptors (Lipinski definition) is 1. The average Bonchev–Trinajstić information content (AvgIpc) is 2.41. The molecule has 0 atom stereocenters. The third-order valence-electron chi connectivity index (χ3n) is 2.31. The maximum absolute atomic E-state index is 12.3. The number of benzene rings is 1. The lowest BCUT2D eigenvalue weighted by Gasteiger charge is -2.07. The van der Waals surface area contributed by atoms with Gasteiger partial charge in [0.2, 0.25) is 0 Å². The van der Waals surface area contributed by atoms with Crippen molar-refractivity contribution in [3.05, 3.63) is 34.9 Å². The molecule has 0 heterocycles. The molecular formula is C10H7F3O. The average molecular weight is 200 g/mol. The summed E-state index contributed by atoms with van der Waals surface area (Å²) >= 11 is 0. The summed E-state index contributed by atoms with van der Waals surface area (Å²) in [4.78, 5) is 11.0. The number of fused-ring (bicyclic) bond motifs is 1. The van der Waals surface area contributed by atoms with E-state index in [1.165, 1.54) is 6.07 Å². The third-order valence-corrected chi connectivity index (χ3v) is 2.31. The molecule has 0 fully saturated rings. The van der Waals surface area contributed by atoms with Gasteiger partial charge in [-0.15, -0.1) is 0 Å². The number of Topliss-reactive ketones (excluding diaryl/α,β-unsaturated/α-hetero) is 1. The van der Waals surface area contributed by atoms with Gasteiger partial charge in [0.1, 0.15) is 5.78 Å². The molecule has 0 unspecified atom stereocenters. The highest BCUT2D eigenvalue weighted by Gasteiger charge is 2.32. The van der Waals surface area contributed by atoms with E-state index in [-0.39, 0.29) is 18.6 Å². The van der Waals surface area contributed by atoms with Gasteiger partial charge in [-0.25, -0.2) is 0 Å². The highest BCUT2D eigenvalue weighted by atomic mass is 19.4. The minimum Gasteiger partial charge on any atom is -0.299 e. The van der Waals surface area contributed by atoms with Crippen molar-refractivity contribution in [3.63, 3.8) is 0 Å². The molecule has 1 aliphatic rings. The molecule has 0 aromatic heterocycles. The van der Waals surface area contributed by atoms with Gasteiger partial charge in [-0.05, 0) is 23.3 Å². The van der Waals surface area contributed by atoms with E-state index in [1.807, 2.05) is 0 Å². The van der Waals surface area contributed by atoms with Crippen LogP contribution in [-0.2, 0) is 23.8 Å². The zero-order chi connectivity index (χ0) is 10.3. The molecule has 1 aromatic carbocycles. The van der Waals surface area contributed by atoms with Gasteiger partial charge in [-0.3, -0.25) is 4.79 Å². The van der Waals surface area contributed by atoms with Gasteiger partial charge in [0.05, 0.1) is 5.56 Å². The zero-order valence-electron chi connectivity index (χ0n) is 7.19. The predicted octanol–water partition coefficient (Wildman–Crippen LogP) is 2.37. The highest BCUT2D eigenvalue weighted by molar-refractivity contribution is 5.87. The van der Waals surface area contributed by atoms with Crippen LogP contribution in [0.3, 0.4) is 0 Å². The van der Waals surface area contributed by atoms with Crippen molar-refractivity contribution in [2.45, 2.75) is 19.0 Å². The number of carbonyl (C=O) groups excluding carboxylic acids is 1. The Hall–Kier alpha value is -1.32. The Morgan fingerprint density at radius 3 is 2.36 bits per heavy atom. The lowest BCUT2D eigenvalue weighted by atomic mass is 10.1. The molecule has 1 nitrogen and oxygen atoms in total. The molecule has 0 N–H and O–H groups in total. The molecule has 1 aliphatic carbocycles. The molecule has 0 radical (unpaired) electrons. The van der Waals surface area contributed by atoms with Crippen LogP contribution in [0.4, 0.5) is 13.2 Å². The van der Waals surface area contributed by atoms with E-state index >= 15 is 0 Å². The van der Waals surface area contributed by atoms with Crippen molar-refractivity contribution < 1.29 is 18.0 Å². The zero-order valence-corrected chi connectivity index (χ0v) is 7.19. The molecule has 0 aliphatic heterocycles. The maximum Gasteiger partial charge on any atom is 0.416 e. The second-order valence-electron chi connectivity index (χ2n) is 3.37. The Morgan fingerprint density at radius 2 is 1.71 bits per heavy atom. The Balaban J connectivity index is 2.43. The summed E-state index contributed by atoms with van der Waals surface area (Å²) < 4.78 is 36.8. The molecule has 2 rings (SSSR count). The fourth-order valence-electron chi connectivity index (χ4n) is 1.63. The first-order valence-electron chi connectivity index (χ1n) is 4.17. The smallest absolute Gasteiger partial charge is 0.299 e. The van der Waals surface area contributed by atoms with E-state index in [1.54, 1.807) is 0 Å². The summed E-state index contributed by atoms with van der Waals surface area (Å²) in [6.45, 7) is 0. The topological polar surface area (TPSA) is 17.1 Å². The minimum atomic E-state index is -4.32. The monoisotopic (exact) mass is 200 g/mol. The molecule has 14 heavy (non-hydrogen) atoms. The van der Waals surface area contributed by atoms with Gasteiger partial charge in [-0.2, -0.15) is 13.2 Å². The van der Waals surface area contributed by atoms with Gasteiger partial charge < -0.3 is 0 Å². The number of rotatable bonds is 0. The second-order valence-corrected chi connectivity index (χ2v) is 3.37. The number of halogens is 3. The highest BCUT2D eigenvalue weighted by Crippen LogP contribution is 2.32. The summed E-state index contributed by atoms with van der Waals surface area (Å²) in [5.41, 5.74) is 0.568. The Labute approximate surface area is 78.5 Å². The first-order valence-corrected chi connectivity index (χ1v) is 4.17. The van der Waals surface area contributed by atoms with Gasteiger partial charge >= 0.3 is 6.18 Å². The second kappa shape index (κ2) is 2.83. The van der Waals surface area contributed by atoms with Gasteiger partial charge in [0.15, 0.2) is 0 Å².